The summed E-state index contributed by atoms with van der Waals surface area (Å²) in [5.74, 6) is -0.924. The van der Waals surface area contributed by atoms with E-state index in [2.05, 4.69) is 15.9 Å². The molecule has 0 unspecified atom stereocenters. The van der Waals surface area contributed by atoms with Gasteiger partial charge in [0.25, 0.3) is 5.91 Å². The van der Waals surface area contributed by atoms with Crippen LogP contribution in [0.1, 0.15) is 56.8 Å². The summed E-state index contributed by atoms with van der Waals surface area (Å²) in [7, 11) is 0. The lowest BCUT2D eigenvalue weighted by atomic mass is 9.88. The molecule has 0 bridgehead atoms. The van der Waals surface area contributed by atoms with Gasteiger partial charge >= 0.3 is 18.0 Å². The van der Waals surface area contributed by atoms with Gasteiger partial charge in [0.15, 0.2) is 5.78 Å². The standard InChI is InChI=1S/C29H22BrF7N2O2/c1-3-18-12-21(27(31,28(32,33)34)29(35,36)37)14-24(30)23(18)15-25(40)20-6-5-7-22(13-20)39(4-2)26(41)19-10-8-17(16-38)9-11-19/h5-14H,3-4,15H2,1-2H3. The molecule has 1 amide bonds. The molecule has 0 saturated carbocycles. The third-order valence-corrected chi connectivity index (χ3v) is 7.19. The highest BCUT2D eigenvalue weighted by atomic mass is 79.9. The van der Waals surface area contributed by atoms with Crippen molar-refractivity contribution in [3.63, 3.8) is 0 Å². The molecule has 4 nitrogen and oxygen atoms in total. The van der Waals surface area contributed by atoms with Crippen molar-refractivity contribution in [3.05, 3.63) is 98.5 Å². The Morgan fingerprint density at radius 3 is 2.00 bits per heavy atom. The fourth-order valence-electron chi connectivity index (χ4n) is 4.29. The number of carbonyl (C=O) groups excluding carboxylic acids is 2. The molecule has 0 atom stereocenters. The molecule has 41 heavy (non-hydrogen) atoms. The van der Waals surface area contributed by atoms with E-state index in [1.165, 1.54) is 54.3 Å². The number of anilines is 1. The van der Waals surface area contributed by atoms with Crippen LogP contribution in [0.4, 0.5) is 36.4 Å². The summed E-state index contributed by atoms with van der Waals surface area (Å²) in [6, 6.07) is 14.8. The lowest BCUT2D eigenvalue weighted by molar-refractivity contribution is -0.348. The number of amides is 1. The number of ketones is 1. The molecule has 0 aliphatic rings. The van der Waals surface area contributed by atoms with Gasteiger partial charge < -0.3 is 4.90 Å². The third-order valence-electron chi connectivity index (χ3n) is 6.49. The quantitative estimate of drug-likeness (QED) is 0.184. The van der Waals surface area contributed by atoms with E-state index >= 15 is 0 Å². The lowest BCUT2D eigenvalue weighted by Crippen LogP contribution is -2.50. The molecule has 3 aromatic carbocycles. The number of benzene rings is 3. The molecule has 3 aromatic rings. The first-order valence-electron chi connectivity index (χ1n) is 12.2. The fraction of sp³-hybridized carbons (Fsp3) is 0.276. The Morgan fingerprint density at radius 1 is 0.878 bits per heavy atom. The van der Waals surface area contributed by atoms with E-state index in [0.717, 1.165) is 0 Å². The van der Waals surface area contributed by atoms with Crippen LogP contribution < -0.4 is 4.90 Å². The van der Waals surface area contributed by atoms with Gasteiger partial charge in [0.2, 0.25) is 0 Å². The van der Waals surface area contributed by atoms with Crippen molar-refractivity contribution in [2.45, 2.75) is 44.7 Å². The predicted octanol–water partition coefficient (Wildman–Crippen LogP) is 8.26. The maximum Gasteiger partial charge on any atom is 0.435 e. The minimum atomic E-state index is -6.27. The van der Waals surface area contributed by atoms with Crippen molar-refractivity contribution >= 4 is 33.3 Å². The summed E-state index contributed by atoms with van der Waals surface area (Å²) >= 11 is 2.94. The average molecular weight is 643 g/mol. The van der Waals surface area contributed by atoms with E-state index in [4.69, 9.17) is 5.26 Å². The zero-order valence-corrected chi connectivity index (χ0v) is 23.2. The van der Waals surface area contributed by atoms with Gasteiger partial charge in [-0.2, -0.15) is 31.6 Å². The Balaban J connectivity index is 1.95. The molecular formula is C29H22BrF7N2O2. The second kappa shape index (κ2) is 12.0. The highest BCUT2D eigenvalue weighted by Crippen LogP contribution is 2.54. The van der Waals surface area contributed by atoms with Gasteiger partial charge in [0.05, 0.1) is 11.6 Å². The molecule has 0 N–H and O–H groups in total. The molecule has 216 valence electrons. The molecule has 0 radical (unpaired) electrons. The van der Waals surface area contributed by atoms with Crippen LogP contribution in [-0.2, 0) is 18.5 Å². The third kappa shape index (κ3) is 6.30. The van der Waals surface area contributed by atoms with Gasteiger partial charge in [-0.15, -0.1) is 0 Å². The van der Waals surface area contributed by atoms with E-state index < -0.39 is 41.7 Å². The van der Waals surface area contributed by atoms with E-state index in [1.807, 2.05) is 6.07 Å². The van der Waals surface area contributed by atoms with Crippen LogP contribution in [0, 0.1) is 11.3 Å². The summed E-state index contributed by atoms with van der Waals surface area (Å²) in [4.78, 5) is 27.7. The summed E-state index contributed by atoms with van der Waals surface area (Å²) in [5.41, 5.74) is -6.02. The van der Waals surface area contributed by atoms with Gasteiger partial charge in [0, 0.05) is 39.8 Å². The van der Waals surface area contributed by atoms with E-state index in [0.29, 0.717) is 28.9 Å². The van der Waals surface area contributed by atoms with Crippen molar-refractivity contribution in [1.82, 2.24) is 0 Å². The van der Waals surface area contributed by atoms with Gasteiger partial charge in [-0.1, -0.05) is 41.1 Å². The number of carbonyl (C=O) groups is 2. The normalized spacial score (nSPS) is 12.1. The number of nitrogens with zero attached hydrogens (tertiary/aromatic N) is 2. The Kier molecular flexibility index (Phi) is 9.33. The van der Waals surface area contributed by atoms with Crippen molar-refractivity contribution in [3.8, 4) is 6.07 Å². The molecule has 0 aliphatic heterocycles. The number of alkyl halides is 7. The van der Waals surface area contributed by atoms with Crippen LogP contribution >= 0.6 is 15.9 Å². The van der Waals surface area contributed by atoms with Crippen molar-refractivity contribution < 1.29 is 40.3 Å². The van der Waals surface area contributed by atoms with Crippen LogP contribution in [0.2, 0.25) is 0 Å². The van der Waals surface area contributed by atoms with Crippen LogP contribution in [0.15, 0.2) is 65.1 Å². The molecule has 0 saturated heterocycles. The smallest absolute Gasteiger partial charge is 0.309 e. The number of hydrogen-bond acceptors (Lipinski definition) is 3. The van der Waals surface area contributed by atoms with Crippen LogP contribution in [0.3, 0.4) is 0 Å². The SMILES string of the molecule is CCc1cc(C(F)(C(F)(F)F)C(F)(F)F)cc(Br)c1CC(=O)c1cccc(N(CC)C(=O)c2ccc(C#N)cc2)c1. The first kappa shape index (κ1) is 31.8. The van der Waals surface area contributed by atoms with E-state index in [9.17, 15) is 40.3 Å². The zero-order valence-electron chi connectivity index (χ0n) is 21.6. The number of hydrogen-bond donors (Lipinski definition) is 0. The molecule has 0 heterocycles. The highest BCUT2D eigenvalue weighted by Gasteiger charge is 2.73. The summed E-state index contributed by atoms with van der Waals surface area (Å²) in [5, 5.41) is 8.97. The second-order valence-electron chi connectivity index (χ2n) is 8.99. The van der Waals surface area contributed by atoms with Gasteiger partial charge in [-0.25, -0.2) is 4.39 Å². The average Bonchev–Trinajstić information content (AvgIpc) is 2.92. The molecule has 12 heteroatoms. The van der Waals surface area contributed by atoms with Crippen LogP contribution in [-0.4, -0.2) is 30.6 Å². The minimum absolute atomic E-state index is 0.0689. The molecule has 0 aromatic heterocycles. The second-order valence-corrected chi connectivity index (χ2v) is 9.85. The Labute approximate surface area is 239 Å². The number of halogens is 8. The lowest BCUT2D eigenvalue weighted by Gasteiger charge is -2.31. The van der Waals surface area contributed by atoms with Crippen molar-refractivity contribution in [2.75, 3.05) is 11.4 Å². The first-order valence-corrected chi connectivity index (χ1v) is 13.0. The topological polar surface area (TPSA) is 61.2 Å². The summed E-state index contributed by atoms with van der Waals surface area (Å²) in [6.45, 7) is 3.40. The Morgan fingerprint density at radius 2 is 1.49 bits per heavy atom. The van der Waals surface area contributed by atoms with Gasteiger partial charge in [-0.3, -0.25) is 9.59 Å². The monoisotopic (exact) mass is 642 g/mol. The number of Topliss-reactive ketones (excluding diaryl/α,β-unsaturated/α-hetero) is 1. The van der Waals surface area contributed by atoms with E-state index in [-0.39, 0.29) is 34.1 Å². The Hall–Kier alpha value is -3.72. The number of nitriles is 1. The maximum atomic E-state index is 14.7. The largest absolute Gasteiger partial charge is 0.435 e. The molecule has 3 rings (SSSR count). The van der Waals surface area contributed by atoms with Gasteiger partial charge in [0.1, 0.15) is 0 Å². The van der Waals surface area contributed by atoms with Crippen molar-refractivity contribution in [2.24, 2.45) is 0 Å². The summed E-state index contributed by atoms with van der Waals surface area (Å²) < 4.78 is 94.3. The fourth-order valence-corrected chi connectivity index (χ4v) is 4.93. The molecule has 0 spiro atoms. The van der Waals surface area contributed by atoms with Crippen molar-refractivity contribution in [1.29, 1.82) is 5.26 Å². The zero-order chi connectivity index (χ0) is 30.8. The number of aryl methyl sites for hydroxylation is 1. The molecule has 0 aliphatic carbocycles. The minimum Gasteiger partial charge on any atom is -0.309 e. The maximum absolute atomic E-state index is 14.7. The van der Waals surface area contributed by atoms with Crippen LogP contribution in [0.5, 0.6) is 0 Å². The highest BCUT2D eigenvalue weighted by molar-refractivity contribution is 9.10. The molecular weight excluding hydrogens is 621 g/mol. The first-order chi connectivity index (χ1) is 19.1. The van der Waals surface area contributed by atoms with Gasteiger partial charge in [-0.05, 0) is 66.9 Å². The molecule has 0 fully saturated rings. The Bertz CT molecular complexity index is 1480. The number of rotatable bonds is 8. The summed E-state index contributed by atoms with van der Waals surface area (Å²) in [6.07, 6.45) is -13.0. The van der Waals surface area contributed by atoms with E-state index in [1.54, 1.807) is 13.0 Å². The van der Waals surface area contributed by atoms with Crippen LogP contribution in [0.25, 0.3) is 0 Å². The predicted molar refractivity (Wildman–Crippen MR) is 141 cm³/mol.